The van der Waals surface area contributed by atoms with Gasteiger partial charge in [-0.25, -0.2) is 0 Å². The van der Waals surface area contributed by atoms with Crippen LogP contribution in [0.1, 0.15) is 35.4 Å². The van der Waals surface area contributed by atoms with Crippen molar-refractivity contribution in [3.63, 3.8) is 0 Å². The van der Waals surface area contributed by atoms with E-state index in [1.54, 1.807) is 11.4 Å². The quantitative estimate of drug-likeness (QED) is 0.752. The molecule has 0 aliphatic carbocycles. The molecule has 0 atom stereocenters. The zero-order chi connectivity index (χ0) is 12.7. The van der Waals surface area contributed by atoms with Crippen LogP contribution in [0, 0.1) is 0 Å². The Morgan fingerprint density at radius 3 is 2.71 bits per heavy atom. The standard InChI is InChI=1S/C11H14ClNO3S/c12-8-5-7-17-10(8)11(16)13-6-3-1-2-4-9(14)15/h5,7H,1-4,6H2,(H,13,16)(H,14,15). The Labute approximate surface area is 109 Å². The molecule has 94 valence electrons. The molecule has 0 saturated carbocycles. The lowest BCUT2D eigenvalue weighted by atomic mass is 10.2. The molecule has 1 aromatic heterocycles. The minimum absolute atomic E-state index is 0.164. The van der Waals surface area contributed by atoms with Crippen LogP contribution < -0.4 is 5.32 Å². The Morgan fingerprint density at radius 2 is 2.12 bits per heavy atom. The Hall–Kier alpha value is -1.07. The molecular formula is C11H14ClNO3S. The third kappa shape index (κ3) is 5.19. The van der Waals surface area contributed by atoms with Crippen molar-refractivity contribution in [1.82, 2.24) is 5.32 Å². The fraction of sp³-hybridized carbons (Fsp3) is 0.455. The lowest BCUT2D eigenvalue weighted by Crippen LogP contribution is -2.23. The number of carbonyl (C=O) groups excluding carboxylic acids is 1. The maximum Gasteiger partial charge on any atom is 0.303 e. The lowest BCUT2D eigenvalue weighted by molar-refractivity contribution is -0.137. The molecule has 6 heteroatoms. The summed E-state index contributed by atoms with van der Waals surface area (Å²) in [6, 6.07) is 1.69. The van der Waals surface area contributed by atoms with Gasteiger partial charge in [-0.2, -0.15) is 0 Å². The average molecular weight is 276 g/mol. The predicted molar refractivity (Wildman–Crippen MR) is 67.8 cm³/mol. The highest BCUT2D eigenvalue weighted by atomic mass is 35.5. The first-order valence-corrected chi connectivity index (χ1v) is 6.60. The molecule has 0 radical (unpaired) electrons. The molecule has 1 heterocycles. The van der Waals surface area contributed by atoms with E-state index in [4.69, 9.17) is 16.7 Å². The lowest BCUT2D eigenvalue weighted by Gasteiger charge is -2.03. The van der Waals surface area contributed by atoms with E-state index in [0.717, 1.165) is 12.8 Å². The van der Waals surface area contributed by atoms with Crippen LogP contribution in [0.25, 0.3) is 0 Å². The fourth-order valence-electron chi connectivity index (χ4n) is 1.32. The van der Waals surface area contributed by atoms with Crippen molar-refractivity contribution in [2.75, 3.05) is 6.54 Å². The zero-order valence-corrected chi connectivity index (χ0v) is 10.8. The molecule has 0 aliphatic rings. The third-order valence-electron chi connectivity index (χ3n) is 2.18. The summed E-state index contributed by atoms with van der Waals surface area (Å²) in [5.41, 5.74) is 0. The number of carboxylic acid groups (broad SMARTS) is 1. The van der Waals surface area contributed by atoms with Crippen LogP contribution in [0.2, 0.25) is 5.02 Å². The van der Waals surface area contributed by atoms with E-state index in [9.17, 15) is 9.59 Å². The van der Waals surface area contributed by atoms with Gasteiger partial charge in [-0.3, -0.25) is 9.59 Å². The van der Waals surface area contributed by atoms with E-state index in [-0.39, 0.29) is 12.3 Å². The number of halogens is 1. The molecule has 0 saturated heterocycles. The molecule has 2 N–H and O–H groups in total. The van der Waals surface area contributed by atoms with Crippen molar-refractivity contribution < 1.29 is 14.7 Å². The second kappa shape index (κ2) is 7.29. The zero-order valence-electron chi connectivity index (χ0n) is 9.24. The van der Waals surface area contributed by atoms with Gasteiger partial charge in [0.2, 0.25) is 0 Å². The Bertz CT molecular complexity index is 392. The van der Waals surface area contributed by atoms with E-state index < -0.39 is 5.97 Å². The van der Waals surface area contributed by atoms with Crippen LogP contribution >= 0.6 is 22.9 Å². The summed E-state index contributed by atoms with van der Waals surface area (Å²) >= 11 is 7.12. The molecule has 0 spiro atoms. The number of aliphatic carboxylic acids is 1. The number of rotatable bonds is 7. The van der Waals surface area contributed by atoms with Crippen molar-refractivity contribution >= 4 is 34.8 Å². The molecule has 1 rings (SSSR count). The molecule has 1 aromatic rings. The van der Waals surface area contributed by atoms with Crippen LogP contribution in [-0.4, -0.2) is 23.5 Å². The monoisotopic (exact) mass is 275 g/mol. The van der Waals surface area contributed by atoms with E-state index in [0.29, 0.717) is 22.9 Å². The van der Waals surface area contributed by atoms with Crippen molar-refractivity contribution in [1.29, 1.82) is 0 Å². The van der Waals surface area contributed by atoms with Gasteiger partial charge >= 0.3 is 5.97 Å². The smallest absolute Gasteiger partial charge is 0.303 e. The Balaban J connectivity index is 2.13. The summed E-state index contributed by atoms with van der Waals surface area (Å²) in [6.45, 7) is 0.548. The predicted octanol–water partition coefficient (Wildman–Crippen LogP) is 2.78. The number of nitrogens with one attached hydrogen (secondary N) is 1. The second-order valence-corrected chi connectivity index (χ2v) is 4.88. The average Bonchev–Trinajstić information content (AvgIpc) is 2.69. The second-order valence-electron chi connectivity index (χ2n) is 3.56. The topological polar surface area (TPSA) is 66.4 Å². The van der Waals surface area contributed by atoms with Gasteiger partial charge in [0.1, 0.15) is 4.88 Å². The van der Waals surface area contributed by atoms with Crippen molar-refractivity contribution in [2.24, 2.45) is 0 Å². The van der Waals surface area contributed by atoms with Gasteiger partial charge in [0.15, 0.2) is 0 Å². The number of hydrogen-bond donors (Lipinski definition) is 2. The minimum atomic E-state index is -0.778. The fourth-order valence-corrected chi connectivity index (χ4v) is 2.37. The highest BCUT2D eigenvalue weighted by Gasteiger charge is 2.10. The number of carboxylic acids is 1. The third-order valence-corrected chi connectivity index (χ3v) is 3.52. The van der Waals surface area contributed by atoms with Gasteiger partial charge < -0.3 is 10.4 Å². The molecule has 0 unspecified atom stereocenters. The van der Waals surface area contributed by atoms with E-state index >= 15 is 0 Å². The van der Waals surface area contributed by atoms with Crippen LogP contribution in [0.15, 0.2) is 11.4 Å². The number of unbranched alkanes of at least 4 members (excludes halogenated alkanes) is 2. The SMILES string of the molecule is O=C(O)CCCCCNC(=O)c1sccc1Cl. The Kier molecular flexibility index (Phi) is 6.00. The van der Waals surface area contributed by atoms with Gasteiger partial charge in [-0.1, -0.05) is 18.0 Å². The van der Waals surface area contributed by atoms with Crippen LogP contribution in [0.3, 0.4) is 0 Å². The first kappa shape index (κ1) is 14.0. The summed E-state index contributed by atoms with van der Waals surface area (Å²) in [7, 11) is 0. The van der Waals surface area contributed by atoms with E-state index in [2.05, 4.69) is 5.32 Å². The van der Waals surface area contributed by atoms with Gasteiger partial charge in [-0.05, 0) is 24.3 Å². The van der Waals surface area contributed by atoms with E-state index in [1.807, 2.05) is 0 Å². The van der Waals surface area contributed by atoms with Gasteiger partial charge in [0.25, 0.3) is 5.91 Å². The molecule has 0 fully saturated rings. The van der Waals surface area contributed by atoms with E-state index in [1.165, 1.54) is 11.3 Å². The molecule has 0 aromatic carbocycles. The molecular weight excluding hydrogens is 262 g/mol. The molecule has 0 aliphatic heterocycles. The number of hydrogen-bond acceptors (Lipinski definition) is 3. The van der Waals surface area contributed by atoms with Gasteiger partial charge in [-0.15, -0.1) is 11.3 Å². The maximum absolute atomic E-state index is 11.6. The Morgan fingerprint density at radius 1 is 1.35 bits per heavy atom. The van der Waals surface area contributed by atoms with Crippen LogP contribution in [0.5, 0.6) is 0 Å². The molecule has 4 nitrogen and oxygen atoms in total. The summed E-state index contributed by atoms with van der Waals surface area (Å²) in [4.78, 5) is 22.4. The summed E-state index contributed by atoms with van der Waals surface area (Å²) < 4.78 is 0. The number of amides is 1. The number of thiophene rings is 1. The van der Waals surface area contributed by atoms with Gasteiger partial charge in [0.05, 0.1) is 5.02 Å². The van der Waals surface area contributed by atoms with Crippen molar-refractivity contribution in [3.05, 3.63) is 21.3 Å². The normalized spacial score (nSPS) is 10.2. The largest absolute Gasteiger partial charge is 0.481 e. The highest BCUT2D eigenvalue weighted by molar-refractivity contribution is 7.12. The first-order chi connectivity index (χ1) is 8.11. The maximum atomic E-state index is 11.6. The summed E-state index contributed by atoms with van der Waals surface area (Å²) in [5.74, 6) is -0.942. The van der Waals surface area contributed by atoms with Crippen molar-refractivity contribution in [2.45, 2.75) is 25.7 Å². The molecule has 0 bridgehead atoms. The van der Waals surface area contributed by atoms with Crippen LogP contribution in [-0.2, 0) is 4.79 Å². The molecule has 1 amide bonds. The van der Waals surface area contributed by atoms with Crippen LogP contribution in [0.4, 0.5) is 0 Å². The summed E-state index contributed by atoms with van der Waals surface area (Å²) in [5, 5.41) is 13.4. The molecule has 17 heavy (non-hydrogen) atoms. The minimum Gasteiger partial charge on any atom is -0.481 e. The first-order valence-electron chi connectivity index (χ1n) is 5.34. The highest BCUT2D eigenvalue weighted by Crippen LogP contribution is 2.21. The number of carbonyl (C=O) groups is 2. The summed E-state index contributed by atoms with van der Waals surface area (Å²) in [6.07, 6.45) is 2.41. The van der Waals surface area contributed by atoms with Crippen molar-refractivity contribution in [3.8, 4) is 0 Å². The van der Waals surface area contributed by atoms with Gasteiger partial charge in [0, 0.05) is 13.0 Å².